The van der Waals surface area contributed by atoms with Crippen LogP contribution in [0, 0.1) is 0 Å². The van der Waals surface area contributed by atoms with Crippen molar-refractivity contribution in [2.24, 2.45) is 17.9 Å². The number of nitrogens with zero attached hydrogens (tertiary/aromatic N) is 4. The Morgan fingerprint density at radius 1 is 1.47 bits per heavy atom. The molecule has 0 radical (unpaired) electrons. The molecule has 2 aromatic heterocycles. The molecule has 2 aromatic rings. The van der Waals surface area contributed by atoms with Gasteiger partial charge in [0.25, 0.3) is 0 Å². The van der Waals surface area contributed by atoms with E-state index in [0.29, 0.717) is 18.8 Å². The first-order chi connectivity index (χ1) is 9.20. The fourth-order valence-corrected chi connectivity index (χ4v) is 1.74. The van der Waals surface area contributed by atoms with Crippen LogP contribution >= 0.6 is 0 Å². The van der Waals surface area contributed by atoms with Gasteiger partial charge < -0.3 is 16.3 Å². The van der Waals surface area contributed by atoms with Crippen molar-refractivity contribution in [3.8, 4) is 0 Å². The lowest BCUT2D eigenvalue weighted by Crippen LogP contribution is -2.21. The summed E-state index contributed by atoms with van der Waals surface area (Å²) >= 11 is 0. The number of pyridine rings is 1. The highest BCUT2D eigenvalue weighted by Crippen LogP contribution is 2.05. The van der Waals surface area contributed by atoms with Crippen LogP contribution in [0.4, 0.5) is 0 Å². The van der Waals surface area contributed by atoms with Gasteiger partial charge in [-0.15, -0.1) is 0 Å². The summed E-state index contributed by atoms with van der Waals surface area (Å²) in [6.45, 7) is 1.21. The smallest absolute Gasteiger partial charge is 0.189 e. The monoisotopic (exact) mass is 260 g/mol. The molecule has 0 saturated heterocycles. The molecule has 0 aliphatic carbocycles. The first-order valence-electron chi connectivity index (χ1n) is 5.81. The van der Waals surface area contributed by atoms with Crippen molar-refractivity contribution >= 4 is 5.84 Å². The zero-order valence-electron chi connectivity index (χ0n) is 10.6. The summed E-state index contributed by atoms with van der Waals surface area (Å²) in [5.41, 5.74) is 7.88. The van der Waals surface area contributed by atoms with Crippen LogP contribution in [0.2, 0.25) is 0 Å². The Balaban J connectivity index is 2.00. The lowest BCUT2D eigenvalue weighted by Gasteiger charge is -2.07. The van der Waals surface area contributed by atoms with Gasteiger partial charge in [-0.25, -0.2) is 0 Å². The van der Waals surface area contributed by atoms with Crippen molar-refractivity contribution in [2.45, 2.75) is 13.1 Å². The Hall–Kier alpha value is -2.41. The second kappa shape index (κ2) is 5.96. The zero-order chi connectivity index (χ0) is 13.7. The predicted octanol–water partition coefficient (Wildman–Crippen LogP) is 0.199. The van der Waals surface area contributed by atoms with Gasteiger partial charge in [-0.2, -0.15) is 5.10 Å². The number of hydrogen-bond donors (Lipinski definition) is 3. The van der Waals surface area contributed by atoms with Crippen molar-refractivity contribution in [2.75, 3.05) is 0 Å². The highest BCUT2D eigenvalue weighted by molar-refractivity contribution is 5.96. The van der Waals surface area contributed by atoms with Gasteiger partial charge in [-0.3, -0.25) is 9.67 Å². The number of rotatable bonds is 5. The number of amidine groups is 1. The standard InChI is InChI=1S/C12H16N6O/c1-18-6-4-10(16-18)8-14-7-9-3-2-5-15-11(9)12(13)17-19/h2-6,14,19H,7-8H2,1H3,(H2,13,17). The minimum Gasteiger partial charge on any atom is -0.409 e. The maximum absolute atomic E-state index is 8.71. The normalized spacial score (nSPS) is 11.7. The van der Waals surface area contributed by atoms with Crippen LogP contribution < -0.4 is 11.1 Å². The van der Waals surface area contributed by atoms with Gasteiger partial charge in [-0.05, 0) is 17.7 Å². The van der Waals surface area contributed by atoms with Gasteiger partial charge in [-0.1, -0.05) is 11.2 Å². The van der Waals surface area contributed by atoms with E-state index in [1.54, 1.807) is 10.9 Å². The molecule has 2 heterocycles. The molecule has 0 atom stereocenters. The van der Waals surface area contributed by atoms with Crippen LogP contribution in [-0.2, 0) is 20.1 Å². The van der Waals surface area contributed by atoms with E-state index < -0.39 is 0 Å². The molecular formula is C12H16N6O. The van der Waals surface area contributed by atoms with Gasteiger partial charge in [0.2, 0.25) is 0 Å². The SMILES string of the molecule is Cn1ccc(CNCc2cccnc2/C(N)=N/O)n1. The maximum Gasteiger partial charge on any atom is 0.189 e. The Morgan fingerprint density at radius 3 is 3.00 bits per heavy atom. The lowest BCUT2D eigenvalue weighted by molar-refractivity contribution is 0.318. The highest BCUT2D eigenvalue weighted by atomic mass is 16.4. The van der Waals surface area contributed by atoms with Crippen molar-refractivity contribution in [3.05, 3.63) is 47.5 Å². The van der Waals surface area contributed by atoms with Gasteiger partial charge >= 0.3 is 0 Å². The second-order valence-electron chi connectivity index (χ2n) is 4.08. The molecule has 0 fully saturated rings. The summed E-state index contributed by atoms with van der Waals surface area (Å²) in [6.07, 6.45) is 3.50. The summed E-state index contributed by atoms with van der Waals surface area (Å²) in [6, 6.07) is 5.64. The average molecular weight is 260 g/mol. The van der Waals surface area contributed by atoms with E-state index in [1.165, 1.54) is 0 Å². The van der Waals surface area contributed by atoms with Crippen LogP contribution in [0.1, 0.15) is 17.0 Å². The van der Waals surface area contributed by atoms with Crippen molar-refractivity contribution < 1.29 is 5.21 Å². The fraction of sp³-hybridized carbons (Fsp3) is 0.250. The van der Waals surface area contributed by atoms with E-state index in [-0.39, 0.29) is 5.84 Å². The van der Waals surface area contributed by atoms with Crippen molar-refractivity contribution in [1.29, 1.82) is 0 Å². The Morgan fingerprint density at radius 2 is 2.32 bits per heavy atom. The predicted molar refractivity (Wildman–Crippen MR) is 70.5 cm³/mol. The largest absolute Gasteiger partial charge is 0.409 e. The van der Waals surface area contributed by atoms with Crippen LogP contribution in [0.3, 0.4) is 0 Å². The van der Waals surface area contributed by atoms with E-state index in [4.69, 9.17) is 10.9 Å². The lowest BCUT2D eigenvalue weighted by atomic mass is 10.2. The van der Waals surface area contributed by atoms with Crippen LogP contribution in [0.15, 0.2) is 35.7 Å². The first-order valence-corrected chi connectivity index (χ1v) is 5.81. The quantitative estimate of drug-likeness (QED) is 0.308. The summed E-state index contributed by atoms with van der Waals surface area (Å²) in [4.78, 5) is 4.10. The van der Waals surface area contributed by atoms with Crippen molar-refractivity contribution in [3.63, 3.8) is 0 Å². The number of aryl methyl sites for hydroxylation is 1. The second-order valence-corrected chi connectivity index (χ2v) is 4.08. The van der Waals surface area contributed by atoms with Gasteiger partial charge in [0, 0.05) is 32.5 Å². The number of oxime groups is 1. The van der Waals surface area contributed by atoms with E-state index in [1.807, 2.05) is 31.4 Å². The molecule has 0 amide bonds. The molecule has 19 heavy (non-hydrogen) atoms. The molecule has 0 spiro atoms. The van der Waals surface area contributed by atoms with E-state index in [9.17, 15) is 0 Å². The summed E-state index contributed by atoms with van der Waals surface area (Å²) in [5, 5.41) is 19.2. The molecule has 0 aromatic carbocycles. The molecule has 0 bridgehead atoms. The third kappa shape index (κ3) is 3.29. The molecule has 7 heteroatoms. The highest BCUT2D eigenvalue weighted by Gasteiger charge is 2.07. The topological polar surface area (TPSA) is 101 Å². The minimum absolute atomic E-state index is 0.00948. The Bertz CT molecular complexity index is 577. The summed E-state index contributed by atoms with van der Waals surface area (Å²) in [5.74, 6) is 0.00948. The van der Waals surface area contributed by atoms with Gasteiger partial charge in [0.1, 0.15) is 5.69 Å². The molecule has 0 saturated carbocycles. The van der Waals surface area contributed by atoms with Crippen LogP contribution in [0.5, 0.6) is 0 Å². The van der Waals surface area contributed by atoms with Gasteiger partial charge in [0.15, 0.2) is 5.84 Å². The van der Waals surface area contributed by atoms with Crippen LogP contribution in [-0.4, -0.2) is 25.8 Å². The summed E-state index contributed by atoms with van der Waals surface area (Å²) in [7, 11) is 1.88. The third-order valence-corrected chi connectivity index (χ3v) is 2.63. The Kier molecular flexibility index (Phi) is 4.09. The van der Waals surface area contributed by atoms with Gasteiger partial charge in [0.05, 0.1) is 5.69 Å². The molecular weight excluding hydrogens is 244 g/mol. The zero-order valence-corrected chi connectivity index (χ0v) is 10.6. The fourth-order valence-electron chi connectivity index (χ4n) is 1.74. The van der Waals surface area contributed by atoms with E-state index in [2.05, 4.69) is 20.6 Å². The minimum atomic E-state index is 0.00948. The molecule has 0 unspecified atom stereocenters. The van der Waals surface area contributed by atoms with E-state index >= 15 is 0 Å². The number of nitrogens with two attached hydrogens (primary N) is 1. The van der Waals surface area contributed by atoms with Crippen LogP contribution in [0.25, 0.3) is 0 Å². The Labute approximate surface area is 110 Å². The summed E-state index contributed by atoms with van der Waals surface area (Å²) < 4.78 is 1.75. The number of hydrogen-bond acceptors (Lipinski definition) is 5. The molecule has 4 N–H and O–H groups in total. The molecule has 2 rings (SSSR count). The maximum atomic E-state index is 8.71. The average Bonchev–Trinajstić information content (AvgIpc) is 2.84. The third-order valence-electron chi connectivity index (χ3n) is 2.63. The number of nitrogens with one attached hydrogen (secondary N) is 1. The molecule has 100 valence electrons. The molecule has 0 aliphatic heterocycles. The molecule has 0 aliphatic rings. The number of aromatic nitrogens is 3. The van der Waals surface area contributed by atoms with Crippen molar-refractivity contribution in [1.82, 2.24) is 20.1 Å². The van der Waals surface area contributed by atoms with E-state index in [0.717, 1.165) is 11.3 Å². The molecule has 7 nitrogen and oxygen atoms in total. The first kappa shape index (κ1) is 13.0.